The first-order chi connectivity index (χ1) is 8.41. The number of nitrogens with two attached hydrogens (primary N) is 1. The zero-order valence-electron chi connectivity index (χ0n) is 11.0. The van der Waals surface area contributed by atoms with Gasteiger partial charge in [-0.05, 0) is 55.2 Å². The van der Waals surface area contributed by atoms with Crippen molar-refractivity contribution in [1.29, 1.82) is 0 Å². The fourth-order valence-corrected chi connectivity index (χ4v) is 2.23. The van der Waals surface area contributed by atoms with Crippen molar-refractivity contribution in [3.05, 3.63) is 69.7 Å². The summed E-state index contributed by atoms with van der Waals surface area (Å²) in [6.07, 6.45) is 0. The van der Waals surface area contributed by atoms with Crippen LogP contribution in [-0.4, -0.2) is 0 Å². The monoisotopic (exact) mass is 259 g/mol. The Balaban J connectivity index is 2.50. The molecule has 1 unspecified atom stereocenters. The largest absolute Gasteiger partial charge is 0.318 e. The molecule has 0 saturated heterocycles. The standard InChI is InChI=1S/C16H18ClN/c1-11-7-8-14(9-12(11)2)16(3,18)13-5-4-6-15(17)10-13/h4-10H,18H2,1-3H3. The van der Waals surface area contributed by atoms with Crippen molar-refractivity contribution in [2.75, 3.05) is 0 Å². The maximum Gasteiger partial charge on any atom is 0.0637 e. The second kappa shape index (κ2) is 4.75. The molecular formula is C16H18ClN. The molecule has 2 rings (SSSR count). The molecule has 18 heavy (non-hydrogen) atoms. The van der Waals surface area contributed by atoms with Crippen molar-refractivity contribution >= 4 is 11.6 Å². The summed E-state index contributed by atoms with van der Waals surface area (Å²) in [7, 11) is 0. The van der Waals surface area contributed by atoms with E-state index in [1.807, 2.05) is 31.2 Å². The molecule has 1 atom stereocenters. The minimum Gasteiger partial charge on any atom is -0.318 e. The topological polar surface area (TPSA) is 26.0 Å². The Kier molecular flexibility index (Phi) is 3.47. The van der Waals surface area contributed by atoms with E-state index in [9.17, 15) is 0 Å². The van der Waals surface area contributed by atoms with Gasteiger partial charge in [-0.25, -0.2) is 0 Å². The first kappa shape index (κ1) is 13.1. The molecule has 0 fully saturated rings. The quantitative estimate of drug-likeness (QED) is 0.860. The van der Waals surface area contributed by atoms with E-state index in [2.05, 4.69) is 32.0 Å². The second-order valence-corrected chi connectivity index (χ2v) is 5.45. The molecule has 0 aliphatic carbocycles. The van der Waals surface area contributed by atoms with E-state index in [4.69, 9.17) is 17.3 Å². The highest BCUT2D eigenvalue weighted by Crippen LogP contribution is 2.29. The van der Waals surface area contributed by atoms with Gasteiger partial charge in [0.1, 0.15) is 0 Å². The summed E-state index contributed by atoms with van der Waals surface area (Å²) in [5.41, 5.74) is 10.6. The molecule has 0 radical (unpaired) electrons. The van der Waals surface area contributed by atoms with Crippen LogP contribution < -0.4 is 5.73 Å². The molecule has 0 saturated carbocycles. The third-order valence-corrected chi connectivity index (χ3v) is 3.77. The lowest BCUT2D eigenvalue weighted by Crippen LogP contribution is -2.34. The van der Waals surface area contributed by atoms with Crippen molar-refractivity contribution in [3.63, 3.8) is 0 Å². The number of rotatable bonds is 2. The highest BCUT2D eigenvalue weighted by atomic mass is 35.5. The Hall–Kier alpha value is -1.31. The molecule has 2 N–H and O–H groups in total. The number of halogens is 1. The van der Waals surface area contributed by atoms with E-state index in [1.165, 1.54) is 11.1 Å². The van der Waals surface area contributed by atoms with Crippen LogP contribution in [0.2, 0.25) is 5.02 Å². The number of benzene rings is 2. The molecule has 0 aromatic heterocycles. The van der Waals surface area contributed by atoms with Crippen LogP contribution in [0.3, 0.4) is 0 Å². The summed E-state index contributed by atoms with van der Waals surface area (Å²) in [5, 5.41) is 0.716. The molecule has 0 spiro atoms. The number of hydrogen-bond acceptors (Lipinski definition) is 1. The first-order valence-electron chi connectivity index (χ1n) is 6.04. The molecule has 2 heteroatoms. The van der Waals surface area contributed by atoms with Crippen LogP contribution >= 0.6 is 11.6 Å². The minimum absolute atomic E-state index is 0.524. The van der Waals surface area contributed by atoms with Crippen LogP contribution in [0.4, 0.5) is 0 Å². The predicted molar refractivity (Wildman–Crippen MR) is 78.0 cm³/mol. The van der Waals surface area contributed by atoms with Crippen molar-refractivity contribution < 1.29 is 0 Å². The fraction of sp³-hybridized carbons (Fsp3) is 0.250. The summed E-state index contributed by atoms with van der Waals surface area (Å²) < 4.78 is 0. The average Bonchev–Trinajstić information content (AvgIpc) is 2.32. The van der Waals surface area contributed by atoms with Gasteiger partial charge in [-0.3, -0.25) is 0 Å². The highest BCUT2D eigenvalue weighted by molar-refractivity contribution is 6.30. The minimum atomic E-state index is -0.524. The zero-order valence-corrected chi connectivity index (χ0v) is 11.8. The summed E-state index contributed by atoms with van der Waals surface area (Å²) in [4.78, 5) is 0. The molecule has 0 amide bonds. The van der Waals surface area contributed by atoms with Gasteiger partial charge in [-0.2, -0.15) is 0 Å². The normalized spacial score (nSPS) is 14.3. The summed E-state index contributed by atoms with van der Waals surface area (Å²) in [6, 6.07) is 14.1. The van der Waals surface area contributed by atoms with Crippen LogP contribution in [-0.2, 0) is 5.54 Å². The van der Waals surface area contributed by atoms with Gasteiger partial charge in [0.05, 0.1) is 5.54 Å². The SMILES string of the molecule is Cc1ccc(C(C)(N)c2cccc(Cl)c2)cc1C. The van der Waals surface area contributed by atoms with Crippen LogP contribution in [0.25, 0.3) is 0 Å². The smallest absolute Gasteiger partial charge is 0.0637 e. The summed E-state index contributed by atoms with van der Waals surface area (Å²) in [5.74, 6) is 0. The molecule has 1 nitrogen and oxygen atoms in total. The third-order valence-electron chi connectivity index (χ3n) is 3.53. The van der Waals surface area contributed by atoms with Gasteiger partial charge < -0.3 is 5.73 Å². The van der Waals surface area contributed by atoms with Gasteiger partial charge in [0.15, 0.2) is 0 Å². The lowest BCUT2D eigenvalue weighted by molar-refractivity contribution is 0.602. The van der Waals surface area contributed by atoms with Crippen LogP contribution in [0.5, 0.6) is 0 Å². The van der Waals surface area contributed by atoms with Gasteiger partial charge in [-0.1, -0.05) is 41.9 Å². The Labute approximate surface area is 114 Å². The molecule has 0 aliphatic rings. The van der Waals surface area contributed by atoms with Crippen molar-refractivity contribution in [1.82, 2.24) is 0 Å². The van der Waals surface area contributed by atoms with E-state index >= 15 is 0 Å². The molecule has 2 aromatic rings. The average molecular weight is 260 g/mol. The zero-order chi connectivity index (χ0) is 13.3. The van der Waals surface area contributed by atoms with Gasteiger partial charge in [-0.15, -0.1) is 0 Å². The Morgan fingerprint density at radius 1 is 0.944 bits per heavy atom. The summed E-state index contributed by atoms with van der Waals surface area (Å²) >= 11 is 6.04. The molecule has 0 heterocycles. The Morgan fingerprint density at radius 2 is 1.61 bits per heavy atom. The lowest BCUT2D eigenvalue weighted by Gasteiger charge is -2.27. The number of aryl methyl sites for hydroxylation is 2. The Bertz CT molecular complexity index is 573. The highest BCUT2D eigenvalue weighted by Gasteiger charge is 2.24. The maximum absolute atomic E-state index is 6.49. The van der Waals surface area contributed by atoms with Gasteiger partial charge in [0.2, 0.25) is 0 Å². The van der Waals surface area contributed by atoms with Crippen LogP contribution in [0.1, 0.15) is 29.2 Å². The van der Waals surface area contributed by atoms with E-state index in [-0.39, 0.29) is 0 Å². The maximum atomic E-state index is 6.49. The van der Waals surface area contributed by atoms with Gasteiger partial charge in [0, 0.05) is 5.02 Å². The van der Waals surface area contributed by atoms with Crippen LogP contribution in [0.15, 0.2) is 42.5 Å². The van der Waals surface area contributed by atoms with Gasteiger partial charge in [0.25, 0.3) is 0 Å². The molecular weight excluding hydrogens is 242 g/mol. The molecule has 0 aliphatic heterocycles. The lowest BCUT2D eigenvalue weighted by atomic mass is 9.84. The Morgan fingerprint density at radius 3 is 2.22 bits per heavy atom. The molecule has 0 bridgehead atoms. The van der Waals surface area contributed by atoms with Gasteiger partial charge >= 0.3 is 0 Å². The van der Waals surface area contributed by atoms with E-state index in [1.54, 1.807) is 0 Å². The van der Waals surface area contributed by atoms with Crippen molar-refractivity contribution in [2.24, 2.45) is 5.73 Å². The van der Waals surface area contributed by atoms with Crippen LogP contribution in [0, 0.1) is 13.8 Å². The van der Waals surface area contributed by atoms with E-state index < -0.39 is 5.54 Å². The number of hydrogen-bond donors (Lipinski definition) is 1. The van der Waals surface area contributed by atoms with Crippen molar-refractivity contribution in [3.8, 4) is 0 Å². The molecule has 2 aromatic carbocycles. The summed E-state index contributed by atoms with van der Waals surface area (Å²) in [6.45, 7) is 6.22. The predicted octanol–water partition coefficient (Wildman–Crippen LogP) is 4.18. The second-order valence-electron chi connectivity index (χ2n) is 5.01. The fourth-order valence-electron chi connectivity index (χ4n) is 2.04. The third kappa shape index (κ3) is 2.43. The first-order valence-corrected chi connectivity index (χ1v) is 6.42. The molecule has 94 valence electrons. The van der Waals surface area contributed by atoms with E-state index in [0.29, 0.717) is 5.02 Å². The van der Waals surface area contributed by atoms with E-state index in [0.717, 1.165) is 11.1 Å². The van der Waals surface area contributed by atoms with Crippen molar-refractivity contribution in [2.45, 2.75) is 26.3 Å².